The Bertz CT molecular complexity index is 1340. The number of thiazole rings is 1. The van der Waals surface area contributed by atoms with Crippen LogP contribution in [0.2, 0.25) is 0 Å². The minimum Gasteiger partial charge on any atom is -0.477 e. The van der Waals surface area contributed by atoms with Gasteiger partial charge >= 0.3 is 5.69 Å². The molecular weight excluding hydrogens is 456 g/mol. The number of carbonyl (C=O) groups excluding carboxylic acids is 1. The average molecular weight is 475 g/mol. The van der Waals surface area contributed by atoms with Crippen LogP contribution in [0.1, 0.15) is 10.6 Å². The first kappa shape index (κ1) is 21.9. The molecule has 12 heteroatoms. The zero-order valence-electron chi connectivity index (χ0n) is 16.8. The molecule has 1 aliphatic rings. The summed E-state index contributed by atoms with van der Waals surface area (Å²) in [5.74, 6) is -0.588. The topological polar surface area (TPSA) is 146 Å². The van der Waals surface area contributed by atoms with Crippen LogP contribution in [-0.4, -0.2) is 37.4 Å². The summed E-state index contributed by atoms with van der Waals surface area (Å²) in [4.78, 5) is 28.9. The molecule has 0 aliphatic carbocycles. The van der Waals surface area contributed by atoms with E-state index >= 15 is 0 Å². The molecule has 0 spiro atoms. The van der Waals surface area contributed by atoms with E-state index in [1.165, 1.54) is 0 Å². The first-order chi connectivity index (χ1) is 15.1. The van der Waals surface area contributed by atoms with E-state index in [1.54, 1.807) is 16.2 Å². The molecule has 4 rings (SSSR count). The van der Waals surface area contributed by atoms with Crippen LogP contribution < -0.4 is 14.8 Å². The molecule has 0 unspecified atom stereocenters. The maximum atomic E-state index is 12.8. The Hall–Kier alpha value is -3.35. The monoisotopic (exact) mass is 474 g/mol. The summed E-state index contributed by atoms with van der Waals surface area (Å²) in [5, 5.41) is 19.3. The molecule has 0 saturated carbocycles. The Morgan fingerprint density at radius 3 is 2.75 bits per heavy atom. The molecule has 3 aromatic rings. The number of hydrogen-bond donors (Lipinski definition) is 1. The van der Waals surface area contributed by atoms with Gasteiger partial charge in [-0.15, -0.1) is 11.3 Å². The zero-order valence-corrected chi connectivity index (χ0v) is 18.5. The highest BCUT2D eigenvalue weighted by atomic mass is 32.2. The lowest BCUT2D eigenvalue weighted by Gasteiger charge is -2.18. The molecule has 166 valence electrons. The van der Waals surface area contributed by atoms with Crippen LogP contribution in [0, 0.1) is 17.0 Å². The molecule has 0 bridgehead atoms. The second kappa shape index (κ2) is 8.30. The lowest BCUT2D eigenvalue weighted by Crippen LogP contribution is -2.33. The highest BCUT2D eigenvalue weighted by molar-refractivity contribution is 7.89. The number of benzene rings is 2. The number of rotatable bonds is 6. The van der Waals surface area contributed by atoms with Gasteiger partial charge in [0.15, 0.2) is 12.4 Å². The number of hydrogen-bond acceptors (Lipinski definition) is 8. The van der Waals surface area contributed by atoms with Gasteiger partial charge < -0.3 is 9.64 Å². The number of nitro benzene ring substituents is 1. The summed E-state index contributed by atoms with van der Waals surface area (Å²) < 4.78 is 28.3. The molecule has 1 amide bonds. The minimum atomic E-state index is -4.11. The number of nitro groups is 1. The van der Waals surface area contributed by atoms with Crippen LogP contribution in [0.4, 0.5) is 11.4 Å². The zero-order chi connectivity index (χ0) is 23.0. The van der Waals surface area contributed by atoms with Crippen LogP contribution in [-0.2, 0) is 21.2 Å². The number of anilines is 1. The summed E-state index contributed by atoms with van der Waals surface area (Å²) in [6.07, 6.45) is 0.668. The summed E-state index contributed by atoms with van der Waals surface area (Å²) in [7, 11) is -4.11. The Morgan fingerprint density at radius 2 is 2.09 bits per heavy atom. The fourth-order valence-corrected chi connectivity index (χ4v) is 4.63. The Kier molecular flexibility index (Phi) is 5.67. The van der Waals surface area contributed by atoms with Crippen molar-refractivity contribution in [2.75, 3.05) is 18.1 Å². The van der Waals surface area contributed by atoms with E-state index in [0.29, 0.717) is 13.0 Å². The average Bonchev–Trinajstić information content (AvgIpc) is 3.36. The first-order valence-corrected chi connectivity index (χ1v) is 11.9. The highest BCUT2D eigenvalue weighted by Crippen LogP contribution is 2.33. The smallest absolute Gasteiger partial charge is 0.312 e. The third-order valence-corrected chi connectivity index (χ3v) is 6.68. The van der Waals surface area contributed by atoms with Crippen molar-refractivity contribution in [1.82, 2.24) is 4.98 Å². The number of fused-ring (bicyclic) bond motifs is 1. The van der Waals surface area contributed by atoms with Gasteiger partial charge in [-0.3, -0.25) is 14.9 Å². The van der Waals surface area contributed by atoms with Gasteiger partial charge in [0.1, 0.15) is 0 Å². The number of ether oxygens (including phenoxy) is 1. The van der Waals surface area contributed by atoms with Crippen molar-refractivity contribution in [1.29, 1.82) is 0 Å². The third kappa shape index (κ3) is 4.33. The van der Waals surface area contributed by atoms with E-state index in [0.717, 1.165) is 45.7 Å². The number of carbonyl (C=O) groups is 1. The molecular formula is C20H18N4O6S2. The largest absolute Gasteiger partial charge is 0.477 e. The van der Waals surface area contributed by atoms with Crippen molar-refractivity contribution in [2.45, 2.75) is 18.2 Å². The summed E-state index contributed by atoms with van der Waals surface area (Å²) in [6, 6.07) is 8.78. The predicted octanol–water partition coefficient (Wildman–Crippen LogP) is 2.64. The molecule has 1 aromatic heterocycles. The van der Waals surface area contributed by atoms with Crippen LogP contribution in [0.25, 0.3) is 11.3 Å². The molecule has 2 N–H and O–H groups in total. The minimum absolute atomic E-state index is 0.218. The molecule has 2 heterocycles. The molecule has 0 radical (unpaired) electrons. The van der Waals surface area contributed by atoms with Crippen molar-refractivity contribution in [3.63, 3.8) is 0 Å². The van der Waals surface area contributed by atoms with Crippen molar-refractivity contribution in [3.8, 4) is 17.0 Å². The van der Waals surface area contributed by atoms with Crippen LogP contribution in [0.15, 0.2) is 46.7 Å². The second-order valence-electron chi connectivity index (χ2n) is 7.11. The number of nitrogens with zero attached hydrogens (tertiary/aromatic N) is 3. The predicted molar refractivity (Wildman–Crippen MR) is 118 cm³/mol. The standard InChI is InChI=1S/C20H18N4O6S2/c1-12-22-16(11-31-12)13-2-4-17-14(8-13)6-7-23(17)20(25)10-30-19-5-3-15(32(21,28)29)9-18(19)24(26)27/h2-5,8-9,11H,6-7,10H2,1H3,(H2,21,28,29). The van der Waals surface area contributed by atoms with E-state index in [9.17, 15) is 23.3 Å². The number of sulfonamides is 1. The van der Waals surface area contributed by atoms with E-state index in [1.807, 2.05) is 30.5 Å². The maximum absolute atomic E-state index is 12.8. The maximum Gasteiger partial charge on any atom is 0.312 e. The number of primary sulfonamides is 1. The van der Waals surface area contributed by atoms with Gasteiger partial charge in [-0.2, -0.15) is 0 Å². The lowest BCUT2D eigenvalue weighted by atomic mass is 10.1. The molecule has 10 nitrogen and oxygen atoms in total. The fourth-order valence-electron chi connectivity index (χ4n) is 3.47. The quantitative estimate of drug-likeness (QED) is 0.427. The molecule has 32 heavy (non-hydrogen) atoms. The number of aryl methyl sites for hydroxylation is 1. The highest BCUT2D eigenvalue weighted by Gasteiger charge is 2.27. The van der Waals surface area contributed by atoms with E-state index in [4.69, 9.17) is 9.88 Å². The molecule has 2 aromatic carbocycles. The van der Waals surface area contributed by atoms with Crippen molar-refractivity contribution < 1.29 is 22.9 Å². The molecule has 0 fully saturated rings. The summed E-state index contributed by atoms with van der Waals surface area (Å²) >= 11 is 1.57. The van der Waals surface area contributed by atoms with Crippen LogP contribution >= 0.6 is 11.3 Å². The number of aromatic nitrogens is 1. The van der Waals surface area contributed by atoms with Gasteiger partial charge in [0.05, 0.1) is 20.5 Å². The first-order valence-electron chi connectivity index (χ1n) is 9.43. The lowest BCUT2D eigenvalue weighted by molar-refractivity contribution is -0.386. The molecule has 1 aliphatic heterocycles. The number of nitrogens with two attached hydrogens (primary N) is 1. The van der Waals surface area contributed by atoms with Gasteiger partial charge in [0.25, 0.3) is 5.91 Å². The normalized spacial score (nSPS) is 13.1. The number of amides is 1. The Morgan fingerprint density at radius 1 is 1.31 bits per heavy atom. The van der Waals surface area contributed by atoms with E-state index in [2.05, 4.69) is 4.98 Å². The van der Waals surface area contributed by atoms with Gasteiger partial charge in [0.2, 0.25) is 10.0 Å². The van der Waals surface area contributed by atoms with Gasteiger partial charge in [-0.05, 0) is 43.2 Å². The van der Waals surface area contributed by atoms with E-state index in [-0.39, 0.29) is 11.7 Å². The second-order valence-corrected chi connectivity index (χ2v) is 9.73. The van der Waals surface area contributed by atoms with Crippen LogP contribution in [0.5, 0.6) is 5.75 Å². The van der Waals surface area contributed by atoms with Crippen molar-refractivity contribution >= 4 is 38.6 Å². The molecule has 0 saturated heterocycles. The van der Waals surface area contributed by atoms with Gasteiger partial charge in [-0.25, -0.2) is 18.5 Å². The summed E-state index contributed by atoms with van der Waals surface area (Å²) in [6.45, 7) is 1.96. The Labute approximate surface area is 187 Å². The van der Waals surface area contributed by atoms with E-state index < -0.39 is 32.1 Å². The van der Waals surface area contributed by atoms with Crippen LogP contribution in [0.3, 0.4) is 0 Å². The van der Waals surface area contributed by atoms with Gasteiger partial charge in [0, 0.05) is 29.2 Å². The SMILES string of the molecule is Cc1nc(-c2ccc3c(c2)CCN3C(=O)COc2ccc(S(N)(=O)=O)cc2[N+](=O)[O-])cs1. The van der Waals surface area contributed by atoms with Gasteiger partial charge in [-0.1, -0.05) is 6.07 Å². The third-order valence-electron chi connectivity index (χ3n) is 5.00. The molecule has 0 atom stereocenters. The summed E-state index contributed by atoms with van der Waals surface area (Å²) in [5.41, 5.74) is 3.04. The van der Waals surface area contributed by atoms with Crippen molar-refractivity contribution in [3.05, 3.63) is 62.5 Å². The van der Waals surface area contributed by atoms with Crippen molar-refractivity contribution in [2.24, 2.45) is 5.14 Å². The Balaban J connectivity index is 1.50. The fraction of sp³-hybridized carbons (Fsp3) is 0.200.